The number of rotatable bonds is 6. The number of ether oxygens (including phenoxy) is 2. The molecule has 25 heavy (non-hydrogen) atoms. The zero-order chi connectivity index (χ0) is 18.2. The van der Waals surface area contributed by atoms with Crippen LogP contribution in [0.25, 0.3) is 6.08 Å². The van der Waals surface area contributed by atoms with Gasteiger partial charge in [-0.05, 0) is 42.5 Å². The van der Waals surface area contributed by atoms with Gasteiger partial charge in [-0.25, -0.2) is 9.18 Å². The van der Waals surface area contributed by atoms with Crippen molar-refractivity contribution in [2.45, 2.75) is 38.6 Å². The maximum atomic E-state index is 13.6. The predicted molar refractivity (Wildman–Crippen MR) is 92.5 cm³/mol. The highest BCUT2D eigenvalue weighted by Gasteiger charge is 2.22. The van der Waals surface area contributed by atoms with Crippen LogP contribution in [0.2, 0.25) is 0 Å². The second-order valence-corrected chi connectivity index (χ2v) is 6.27. The molecule has 0 bridgehead atoms. The summed E-state index contributed by atoms with van der Waals surface area (Å²) in [5, 5.41) is 2.91. The molecule has 0 radical (unpaired) electrons. The van der Waals surface area contributed by atoms with E-state index in [1.165, 1.54) is 31.7 Å². The van der Waals surface area contributed by atoms with Crippen LogP contribution in [0.5, 0.6) is 5.75 Å². The second-order valence-electron chi connectivity index (χ2n) is 6.27. The lowest BCUT2D eigenvalue weighted by Crippen LogP contribution is -2.42. The molecule has 0 saturated heterocycles. The Hall–Kier alpha value is -2.37. The van der Waals surface area contributed by atoms with Gasteiger partial charge in [-0.15, -0.1) is 0 Å². The van der Waals surface area contributed by atoms with Crippen molar-refractivity contribution in [1.29, 1.82) is 0 Å². The van der Waals surface area contributed by atoms with Crippen molar-refractivity contribution in [2.75, 3.05) is 13.7 Å². The van der Waals surface area contributed by atoms with Crippen molar-refractivity contribution >= 4 is 18.0 Å². The molecule has 1 fully saturated rings. The standard InChI is InChI=1S/C19H24FNO4/c1-13-5-3-4-6-16(13)21-18(22)12-25-19(23)10-8-14-7-9-17(24-2)15(20)11-14/h7-11,13,16H,3-6,12H2,1-2H3,(H,21,22)/b10-8+/t13-,16-/m1/s1. The van der Waals surface area contributed by atoms with E-state index in [2.05, 4.69) is 12.2 Å². The van der Waals surface area contributed by atoms with Crippen LogP contribution in [0.4, 0.5) is 4.39 Å². The Morgan fingerprint density at radius 1 is 1.32 bits per heavy atom. The Bertz CT molecular complexity index is 644. The maximum Gasteiger partial charge on any atom is 0.331 e. The third kappa shape index (κ3) is 5.89. The first kappa shape index (κ1) is 19.0. The molecular formula is C19H24FNO4. The molecule has 2 rings (SSSR count). The van der Waals surface area contributed by atoms with Gasteiger partial charge in [-0.2, -0.15) is 0 Å². The molecule has 5 nitrogen and oxygen atoms in total. The summed E-state index contributed by atoms with van der Waals surface area (Å²) in [4.78, 5) is 23.6. The Balaban J connectivity index is 1.77. The van der Waals surface area contributed by atoms with E-state index in [-0.39, 0.29) is 24.3 Å². The van der Waals surface area contributed by atoms with Crippen LogP contribution >= 0.6 is 0 Å². The number of esters is 1. The normalized spacial score (nSPS) is 20.3. The molecule has 1 N–H and O–H groups in total. The van der Waals surface area contributed by atoms with Gasteiger partial charge in [0.25, 0.3) is 5.91 Å². The van der Waals surface area contributed by atoms with Crippen LogP contribution in [0, 0.1) is 11.7 Å². The van der Waals surface area contributed by atoms with E-state index < -0.39 is 11.8 Å². The van der Waals surface area contributed by atoms with Gasteiger partial charge in [0, 0.05) is 12.1 Å². The van der Waals surface area contributed by atoms with Crippen molar-refractivity contribution in [3.63, 3.8) is 0 Å². The molecule has 0 aromatic heterocycles. The number of halogens is 1. The Morgan fingerprint density at radius 2 is 2.08 bits per heavy atom. The number of amides is 1. The molecule has 136 valence electrons. The fourth-order valence-corrected chi connectivity index (χ4v) is 2.91. The van der Waals surface area contributed by atoms with Crippen molar-refractivity contribution in [1.82, 2.24) is 5.32 Å². The summed E-state index contributed by atoms with van der Waals surface area (Å²) in [6.07, 6.45) is 6.95. The minimum absolute atomic E-state index is 0.133. The molecule has 0 aliphatic heterocycles. The van der Waals surface area contributed by atoms with Crippen LogP contribution in [-0.2, 0) is 14.3 Å². The van der Waals surface area contributed by atoms with Crippen LogP contribution in [0.3, 0.4) is 0 Å². The lowest BCUT2D eigenvalue weighted by atomic mass is 9.86. The van der Waals surface area contributed by atoms with Gasteiger partial charge in [0.2, 0.25) is 0 Å². The molecular weight excluding hydrogens is 325 g/mol. The molecule has 0 unspecified atom stereocenters. The molecule has 0 spiro atoms. The monoisotopic (exact) mass is 349 g/mol. The van der Waals surface area contributed by atoms with Crippen molar-refractivity contribution in [2.24, 2.45) is 5.92 Å². The van der Waals surface area contributed by atoms with Gasteiger partial charge in [0.15, 0.2) is 18.2 Å². The van der Waals surface area contributed by atoms with E-state index in [1.807, 2.05) is 0 Å². The molecule has 1 aliphatic rings. The zero-order valence-electron chi connectivity index (χ0n) is 14.6. The molecule has 1 saturated carbocycles. The number of nitrogens with one attached hydrogen (secondary N) is 1. The molecule has 2 atom stereocenters. The fourth-order valence-electron chi connectivity index (χ4n) is 2.91. The predicted octanol–water partition coefficient (Wildman–Crippen LogP) is 3.09. The quantitative estimate of drug-likeness (QED) is 0.633. The fraction of sp³-hybridized carbons (Fsp3) is 0.474. The number of methoxy groups -OCH3 is 1. The van der Waals surface area contributed by atoms with E-state index in [4.69, 9.17) is 9.47 Å². The van der Waals surface area contributed by atoms with Gasteiger partial charge in [0.1, 0.15) is 0 Å². The van der Waals surface area contributed by atoms with Gasteiger partial charge >= 0.3 is 5.97 Å². The summed E-state index contributed by atoms with van der Waals surface area (Å²) in [7, 11) is 1.38. The van der Waals surface area contributed by atoms with Crippen LogP contribution in [0.15, 0.2) is 24.3 Å². The summed E-state index contributed by atoms with van der Waals surface area (Å²) in [5.41, 5.74) is 0.496. The number of benzene rings is 1. The molecule has 1 amide bonds. The minimum Gasteiger partial charge on any atom is -0.494 e. The lowest BCUT2D eigenvalue weighted by molar-refractivity contribution is -0.144. The van der Waals surface area contributed by atoms with Crippen LogP contribution in [0.1, 0.15) is 38.2 Å². The first-order valence-corrected chi connectivity index (χ1v) is 8.47. The van der Waals surface area contributed by atoms with Crippen molar-refractivity contribution in [3.8, 4) is 5.75 Å². The number of carbonyl (C=O) groups excluding carboxylic acids is 2. The highest BCUT2D eigenvalue weighted by molar-refractivity contribution is 5.89. The summed E-state index contributed by atoms with van der Waals surface area (Å²) in [6, 6.07) is 4.49. The smallest absolute Gasteiger partial charge is 0.331 e. The first-order valence-electron chi connectivity index (χ1n) is 8.47. The maximum absolute atomic E-state index is 13.6. The largest absolute Gasteiger partial charge is 0.494 e. The van der Waals surface area contributed by atoms with E-state index in [0.29, 0.717) is 11.5 Å². The van der Waals surface area contributed by atoms with E-state index in [0.717, 1.165) is 25.3 Å². The Morgan fingerprint density at radius 3 is 2.76 bits per heavy atom. The summed E-state index contributed by atoms with van der Waals surface area (Å²) in [6.45, 7) is 1.80. The molecule has 1 aromatic carbocycles. The lowest BCUT2D eigenvalue weighted by Gasteiger charge is -2.29. The molecule has 0 heterocycles. The number of carbonyl (C=O) groups is 2. The van der Waals surface area contributed by atoms with Gasteiger partial charge in [-0.3, -0.25) is 4.79 Å². The molecule has 1 aliphatic carbocycles. The summed E-state index contributed by atoms with van der Waals surface area (Å²) in [5.74, 6) is -0.885. The minimum atomic E-state index is -0.650. The number of hydrogen-bond acceptors (Lipinski definition) is 4. The second kappa shape index (κ2) is 9.20. The average Bonchev–Trinajstić information content (AvgIpc) is 2.60. The highest BCUT2D eigenvalue weighted by atomic mass is 19.1. The third-order valence-corrected chi connectivity index (χ3v) is 4.39. The third-order valence-electron chi connectivity index (χ3n) is 4.39. The summed E-state index contributed by atoms with van der Waals surface area (Å²) < 4.78 is 23.3. The van der Waals surface area contributed by atoms with Crippen LogP contribution < -0.4 is 10.1 Å². The van der Waals surface area contributed by atoms with Crippen molar-refractivity contribution in [3.05, 3.63) is 35.7 Å². The van der Waals surface area contributed by atoms with E-state index >= 15 is 0 Å². The Labute approximate surface area is 147 Å². The average molecular weight is 349 g/mol. The van der Waals surface area contributed by atoms with Gasteiger partial charge in [0.05, 0.1) is 7.11 Å². The topological polar surface area (TPSA) is 64.6 Å². The number of hydrogen-bond donors (Lipinski definition) is 1. The van der Waals surface area contributed by atoms with E-state index in [1.54, 1.807) is 6.07 Å². The zero-order valence-corrected chi connectivity index (χ0v) is 14.6. The van der Waals surface area contributed by atoms with Gasteiger partial charge < -0.3 is 14.8 Å². The summed E-state index contributed by atoms with van der Waals surface area (Å²) >= 11 is 0. The molecule has 1 aromatic rings. The van der Waals surface area contributed by atoms with Crippen molar-refractivity contribution < 1.29 is 23.5 Å². The van der Waals surface area contributed by atoms with E-state index in [9.17, 15) is 14.0 Å². The SMILES string of the molecule is COc1ccc(/C=C/C(=O)OCC(=O)N[C@@H]2CCCC[C@H]2C)cc1F. The van der Waals surface area contributed by atoms with Gasteiger partial charge in [-0.1, -0.05) is 25.8 Å². The Kier molecular flexibility index (Phi) is 6.98. The van der Waals surface area contributed by atoms with Crippen LogP contribution in [-0.4, -0.2) is 31.6 Å². The first-order chi connectivity index (χ1) is 12.0. The highest BCUT2D eigenvalue weighted by Crippen LogP contribution is 2.23. The molecule has 6 heteroatoms.